The first-order valence-electron chi connectivity index (χ1n) is 15.8. The molecule has 0 N–H and O–H groups in total. The molecule has 0 atom stereocenters. The molecule has 6 aromatic carbocycles. The normalized spacial score (nSPS) is 11.8. The van der Waals surface area contributed by atoms with Gasteiger partial charge < -0.3 is 4.42 Å². The van der Waals surface area contributed by atoms with Crippen LogP contribution >= 0.6 is 11.3 Å². The Labute approximate surface area is 278 Å². The molecular formula is C42H24N4OS. The second kappa shape index (κ2) is 10.7. The molecule has 6 heteroatoms. The van der Waals surface area contributed by atoms with Gasteiger partial charge in [0.2, 0.25) is 5.71 Å². The lowest BCUT2D eigenvalue weighted by Crippen LogP contribution is -2.00. The van der Waals surface area contributed by atoms with E-state index in [1.54, 1.807) is 17.5 Å². The standard InChI is InChI=1S/C42H24N4OS/c1-2-11-26(12-3-1)39-44-40(46-41(45-39)34-16-8-15-31-30-14-6-7-18-35(30)48-38(31)34)32-22-21-29(28-20-19-25-10-4-5-13-27(25)24-28)37-36(32)33-17-9-23-43-42(33)47-37/h1-24H. The molecule has 0 amide bonds. The first-order valence-corrected chi connectivity index (χ1v) is 16.6. The van der Waals surface area contributed by atoms with Crippen molar-refractivity contribution in [1.29, 1.82) is 0 Å². The number of benzene rings is 6. The molecule has 0 radical (unpaired) electrons. The Balaban J connectivity index is 1.25. The van der Waals surface area contributed by atoms with E-state index in [2.05, 4.69) is 108 Å². The third-order valence-corrected chi connectivity index (χ3v) is 10.2. The molecule has 5 nitrogen and oxygen atoms in total. The molecule has 0 unspecified atom stereocenters. The average molecular weight is 633 g/mol. The Morgan fingerprint density at radius 2 is 1.21 bits per heavy atom. The summed E-state index contributed by atoms with van der Waals surface area (Å²) in [5.74, 6) is 1.83. The van der Waals surface area contributed by atoms with Crippen molar-refractivity contribution in [3.63, 3.8) is 0 Å². The van der Waals surface area contributed by atoms with Crippen LogP contribution < -0.4 is 0 Å². The predicted molar refractivity (Wildman–Crippen MR) is 197 cm³/mol. The van der Waals surface area contributed by atoms with Gasteiger partial charge in [0.1, 0.15) is 5.58 Å². The summed E-state index contributed by atoms with van der Waals surface area (Å²) in [5, 5.41) is 6.65. The highest BCUT2D eigenvalue weighted by Gasteiger charge is 2.22. The van der Waals surface area contributed by atoms with Crippen LogP contribution in [0.1, 0.15) is 0 Å². The van der Waals surface area contributed by atoms with Gasteiger partial charge in [-0.15, -0.1) is 11.3 Å². The third kappa shape index (κ3) is 4.24. The van der Waals surface area contributed by atoms with Crippen molar-refractivity contribution in [1.82, 2.24) is 19.9 Å². The molecule has 0 saturated carbocycles. The van der Waals surface area contributed by atoms with Gasteiger partial charge in [-0.1, -0.05) is 97.1 Å². The summed E-state index contributed by atoms with van der Waals surface area (Å²) in [4.78, 5) is 20.0. The Hall–Kier alpha value is -6.24. The number of furan rings is 1. The van der Waals surface area contributed by atoms with Crippen LogP contribution in [0, 0.1) is 0 Å². The summed E-state index contributed by atoms with van der Waals surface area (Å²) in [7, 11) is 0. The van der Waals surface area contributed by atoms with Crippen LogP contribution in [0.15, 0.2) is 150 Å². The molecule has 10 aromatic rings. The molecule has 0 spiro atoms. The molecule has 4 aromatic heterocycles. The van der Waals surface area contributed by atoms with Crippen LogP contribution in [0.5, 0.6) is 0 Å². The minimum Gasteiger partial charge on any atom is -0.437 e. The van der Waals surface area contributed by atoms with Crippen molar-refractivity contribution in [3.8, 4) is 45.3 Å². The smallest absolute Gasteiger partial charge is 0.227 e. The number of rotatable bonds is 4. The van der Waals surface area contributed by atoms with E-state index < -0.39 is 0 Å². The van der Waals surface area contributed by atoms with Crippen molar-refractivity contribution >= 4 is 64.4 Å². The van der Waals surface area contributed by atoms with Crippen molar-refractivity contribution in [3.05, 3.63) is 146 Å². The summed E-state index contributed by atoms with van der Waals surface area (Å²) >= 11 is 1.77. The lowest BCUT2D eigenvalue weighted by Gasteiger charge is -2.11. The molecule has 0 aliphatic heterocycles. The topological polar surface area (TPSA) is 64.7 Å². The largest absolute Gasteiger partial charge is 0.437 e. The highest BCUT2D eigenvalue weighted by atomic mass is 32.1. The van der Waals surface area contributed by atoms with E-state index in [0.29, 0.717) is 23.2 Å². The Morgan fingerprint density at radius 1 is 0.479 bits per heavy atom. The van der Waals surface area contributed by atoms with E-state index >= 15 is 0 Å². The summed E-state index contributed by atoms with van der Waals surface area (Å²) in [6, 6.07) is 48.2. The lowest BCUT2D eigenvalue weighted by molar-refractivity contribution is 0.655. The van der Waals surface area contributed by atoms with Gasteiger partial charge in [0.25, 0.3) is 0 Å². The molecule has 0 aliphatic rings. The maximum Gasteiger partial charge on any atom is 0.227 e. The van der Waals surface area contributed by atoms with Crippen LogP contribution in [0.3, 0.4) is 0 Å². The molecule has 0 bridgehead atoms. The van der Waals surface area contributed by atoms with Crippen LogP contribution in [0.25, 0.3) is 98.3 Å². The van der Waals surface area contributed by atoms with E-state index in [9.17, 15) is 0 Å². The zero-order chi connectivity index (χ0) is 31.6. The second-order valence-electron chi connectivity index (χ2n) is 11.8. The third-order valence-electron chi connectivity index (χ3n) is 9.01. The van der Waals surface area contributed by atoms with E-state index in [1.165, 1.54) is 26.2 Å². The second-order valence-corrected chi connectivity index (χ2v) is 12.9. The minimum atomic E-state index is 0.578. The molecule has 10 rings (SSSR count). The van der Waals surface area contributed by atoms with Crippen molar-refractivity contribution in [2.75, 3.05) is 0 Å². The highest BCUT2D eigenvalue weighted by molar-refractivity contribution is 7.26. The number of hydrogen-bond donors (Lipinski definition) is 0. The number of nitrogens with zero attached hydrogens (tertiary/aromatic N) is 4. The Kier molecular flexibility index (Phi) is 5.98. The summed E-state index contributed by atoms with van der Waals surface area (Å²) in [6.45, 7) is 0. The molecule has 224 valence electrons. The van der Waals surface area contributed by atoms with Gasteiger partial charge in [-0.3, -0.25) is 0 Å². The average Bonchev–Trinajstić information content (AvgIpc) is 3.74. The zero-order valence-electron chi connectivity index (χ0n) is 25.5. The van der Waals surface area contributed by atoms with E-state index in [0.717, 1.165) is 48.9 Å². The van der Waals surface area contributed by atoms with E-state index in [-0.39, 0.29) is 0 Å². The summed E-state index contributed by atoms with van der Waals surface area (Å²) in [5.41, 5.74) is 6.17. The lowest BCUT2D eigenvalue weighted by atomic mass is 9.96. The zero-order valence-corrected chi connectivity index (χ0v) is 26.3. The Morgan fingerprint density at radius 3 is 2.12 bits per heavy atom. The van der Waals surface area contributed by atoms with Gasteiger partial charge in [-0.2, -0.15) is 0 Å². The first kappa shape index (κ1) is 26.9. The van der Waals surface area contributed by atoms with Gasteiger partial charge in [0.05, 0.1) is 0 Å². The van der Waals surface area contributed by atoms with Gasteiger partial charge in [-0.05, 0) is 58.8 Å². The number of pyridine rings is 1. The number of aromatic nitrogens is 4. The SMILES string of the molecule is c1ccc(-c2nc(-c3cccc4c3sc3ccccc34)nc(-c3ccc(-c4ccc5ccccc5c4)c4oc5ncccc5c34)n2)cc1. The molecule has 48 heavy (non-hydrogen) atoms. The first-order chi connectivity index (χ1) is 23.8. The summed E-state index contributed by atoms with van der Waals surface area (Å²) < 4.78 is 8.95. The fourth-order valence-corrected chi connectivity index (χ4v) is 7.95. The maximum absolute atomic E-state index is 6.55. The van der Waals surface area contributed by atoms with Crippen molar-refractivity contribution < 1.29 is 4.42 Å². The molecular weight excluding hydrogens is 609 g/mol. The van der Waals surface area contributed by atoms with Crippen LogP contribution in [0.4, 0.5) is 0 Å². The molecule has 4 heterocycles. The fraction of sp³-hybridized carbons (Fsp3) is 0. The van der Waals surface area contributed by atoms with E-state index in [1.807, 2.05) is 36.4 Å². The number of thiophene rings is 1. The monoisotopic (exact) mass is 632 g/mol. The molecule has 0 aliphatic carbocycles. The van der Waals surface area contributed by atoms with E-state index in [4.69, 9.17) is 19.4 Å². The van der Waals surface area contributed by atoms with Crippen LogP contribution in [0.2, 0.25) is 0 Å². The summed E-state index contributed by atoms with van der Waals surface area (Å²) in [6.07, 6.45) is 1.76. The highest BCUT2D eigenvalue weighted by Crippen LogP contribution is 2.43. The number of fused-ring (bicyclic) bond motifs is 7. The molecule has 0 saturated heterocycles. The predicted octanol–water partition coefficient (Wildman–Crippen LogP) is 11.4. The maximum atomic E-state index is 6.55. The molecule has 0 fully saturated rings. The van der Waals surface area contributed by atoms with Gasteiger partial charge in [0, 0.05) is 59.4 Å². The fourth-order valence-electron chi connectivity index (χ4n) is 6.74. The van der Waals surface area contributed by atoms with Gasteiger partial charge in [-0.25, -0.2) is 19.9 Å². The number of hydrogen-bond acceptors (Lipinski definition) is 6. The van der Waals surface area contributed by atoms with Gasteiger partial charge >= 0.3 is 0 Å². The van der Waals surface area contributed by atoms with Crippen molar-refractivity contribution in [2.24, 2.45) is 0 Å². The Bertz CT molecular complexity index is 2860. The van der Waals surface area contributed by atoms with Gasteiger partial charge in [0.15, 0.2) is 17.5 Å². The minimum absolute atomic E-state index is 0.578. The van der Waals surface area contributed by atoms with Crippen LogP contribution in [-0.4, -0.2) is 19.9 Å². The van der Waals surface area contributed by atoms with Crippen LogP contribution in [-0.2, 0) is 0 Å². The van der Waals surface area contributed by atoms with Crippen molar-refractivity contribution in [2.45, 2.75) is 0 Å². The quantitative estimate of drug-likeness (QED) is 0.193.